The monoisotopic (exact) mass is 576 g/mol. The van der Waals surface area contributed by atoms with Crippen LogP contribution in [0.25, 0.3) is 22.3 Å². The van der Waals surface area contributed by atoms with Gasteiger partial charge < -0.3 is 24.8 Å². The highest BCUT2D eigenvalue weighted by atomic mass is 19.1. The molecule has 5 heterocycles. The van der Waals surface area contributed by atoms with E-state index in [4.69, 9.17) is 9.72 Å². The third-order valence-corrected chi connectivity index (χ3v) is 9.75. The summed E-state index contributed by atoms with van der Waals surface area (Å²) in [6, 6.07) is 2.32. The van der Waals surface area contributed by atoms with Crippen LogP contribution in [0.3, 0.4) is 0 Å². The molecular weight excluding hydrogens is 543 g/mol. The minimum atomic E-state index is -1.95. The molecule has 0 saturated carbocycles. The number of esters is 1. The fourth-order valence-corrected chi connectivity index (χ4v) is 7.49. The van der Waals surface area contributed by atoms with Gasteiger partial charge in [-0.15, -0.1) is 0 Å². The maximum atomic E-state index is 15.1. The van der Waals surface area contributed by atoms with Crippen molar-refractivity contribution in [2.24, 2.45) is 0 Å². The lowest BCUT2D eigenvalue weighted by Gasteiger charge is -2.32. The van der Waals surface area contributed by atoms with Gasteiger partial charge in [0.2, 0.25) is 5.91 Å². The number of carbonyl (C=O) groups is 2. The Labute approximate surface area is 241 Å². The predicted octanol–water partition coefficient (Wildman–Crippen LogP) is 2.09. The Kier molecular flexibility index (Phi) is 6.27. The second-order valence-corrected chi connectivity index (χ2v) is 11.8. The van der Waals surface area contributed by atoms with Crippen LogP contribution < -0.4 is 10.9 Å². The molecule has 1 aliphatic carbocycles. The number of ether oxygens (including phenoxy) is 1. The molecule has 11 heteroatoms. The Morgan fingerprint density at radius 3 is 2.81 bits per heavy atom. The lowest BCUT2D eigenvalue weighted by molar-refractivity contribution is -0.172. The number of β-amino-alcohol motifs (C(OH)–C–C–N with tert-alkyl or cyclic N) is 1. The number of amides is 1. The van der Waals surface area contributed by atoms with Crippen molar-refractivity contribution in [1.82, 2.24) is 19.8 Å². The van der Waals surface area contributed by atoms with Gasteiger partial charge in [0.1, 0.15) is 12.4 Å². The number of benzene rings is 1. The summed E-state index contributed by atoms with van der Waals surface area (Å²) < 4.78 is 21.9. The second kappa shape index (κ2) is 9.68. The molecule has 3 N–H and O–H groups in total. The van der Waals surface area contributed by atoms with E-state index in [-0.39, 0.29) is 66.7 Å². The third kappa shape index (κ3) is 3.73. The molecule has 1 saturated heterocycles. The lowest BCUT2D eigenvalue weighted by Crippen LogP contribution is -2.46. The van der Waals surface area contributed by atoms with Crippen LogP contribution in [0.5, 0.6) is 0 Å². The summed E-state index contributed by atoms with van der Waals surface area (Å²) in [4.78, 5) is 46.8. The Morgan fingerprint density at radius 1 is 1.24 bits per heavy atom. The number of cyclic esters (lactones) is 1. The minimum Gasteiger partial charge on any atom is -0.458 e. The summed E-state index contributed by atoms with van der Waals surface area (Å²) >= 11 is 0. The number of carbonyl (C=O) groups excluding carboxylic acids is 2. The van der Waals surface area contributed by atoms with Gasteiger partial charge in [-0.1, -0.05) is 6.92 Å². The van der Waals surface area contributed by atoms with Crippen molar-refractivity contribution in [2.45, 2.75) is 76.8 Å². The molecule has 3 atom stereocenters. The molecule has 0 spiro atoms. The topological polar surface area (TPSA) is 134 Å². The van der Waals surface area contributed by atoms with Gasteiger partial charge in [0, 0.05) is 29.1 Å². The Bertz CT molecular complexity index is 1750. The number of rotatable bonds is 5. The van der Waals surface area contributed by atoms with E-state index in [1.165, 1.54) is 6.07 Å². The van der Waals surface area contributed by atoms with Crippen LogP contribution in [-0.2, 0) is 39.5 Å². The molecule has 42 heavy (non-hydrogen) atoms. The molecule has 1 fully saturated rings. The Hall–Kier alpha value is -3.67. The first-order valence-electron chi connectivity index (χ1n) is 14.6. The quantitative estimate of drug-likeness (QED) is 0.308. The van der Waals surface area contributed by atoms with Crippen LogP contribution in [0.15, 0.2) is 16.9 Å². The fraction of sp³-hybridized carbons (Fsp3) is 0.484. The van der Waals surface area contributed by atoms with Gasteiger partial charge in [-0.25, -0.2) is 14.2 Å². The van der Waals surface area contributed by atoms with Crippen LogP contribution in [0.4, 0.5) is 4.39 Å². The molecule has 0 bridgehead atoms. The van der Waals surface area contributed by atoms with Crippen molar-refractivity contribution in [3.63, 3.8) is 0 Å². The van der Waals surface area contributed by atoms with Crippen LogP contribution in [0, 0.1) is 12.7 Å². The van der Waals surface area contributed by atoms with Gasteiger partial charge in [0.15, 0.2) is 5.60 Å². The number of halogens is 1. The number of aliphatic hydroxyl groups is 2. The number of pyridine rings is 2. The van der Waals surface area contributed by atoms with Crippen LogP contribution >= 0.6 is 0 Å². The predicted molar refractivity (Wildman–Crippen MR) is 150 cm³/mol. The normalized spacial score (nSPS) is 24.4. The van der Waals surface area contributed by atoms with Crippen molar-refractivity contribution in [2.75, 3.05) is 19.7 Å². The SMILES string of the molecule is CC[C@@]1(O)C(=O)OCc2c1cc1n(c2=O)Cc2c-1nc1cc(F)c(C)c3c1c2[C@@H](NC(=O)[C@@H]1CCCN1CCO)CC3. The zero-order chi connectivity index (χ0) is 29.5. The fourth-order valence-electron chi connectivity index (χ4n) is 7.49. The number of nitrogens with zero attached hydrogens (tertiary/aromatic N) is 3. The molecular formula is C31H33FN4O6. The molecule has 1 amide bonds. The van der Waals surface area contributed by atoms with Gasteiger partial charge in [-0.05, 0) is 68.3 Å². The number of aryl methyl sites for hydroxylation is 1. The Morgan fingerprint density at radius 2 is 2.05 bits per heavy atom. The van der Waals surface area contributed by atoms with E-state index in [1.807, 2.05) is 4.90 Å². The summed E-state index contributed by atoms with van der Waals surface area (Å²) in [6.07, 6.45) is 2.73. The largest absolute Gasteiger partial charge is 0.458 e. The molecule has 7 rings (SSSR count). The van der Waals surface area contributed by atoms with Gasteiger partial charge in [-0.2, -0.15) is 0 Å². The van der Waals surface area contributed by atoms with Crippen molar-refractivity contribution >= 4 is 22.8 Å². The molecule has 10 nitrogen and oxygen atoms in total. The molecule has 220 valence electrons. The number of aliphatic hydroxyl groups excluding tert-OH is 1. The van der Waals surface area contributed by atoms with E-state index in [9.17, 15) is 24.6 Å². The maximum Gasteiger partial charge on any atom is 0.343 e. The van der Waals surface area contributed by atoms with Crippen LogP contribution in [-0.4, -0.2) is 62.3 Å². The summed E-state index contributed by atoms with van der Waals surface area (Å²) in [5.41, 5.74) is 2.47. The molecule has 2 aromatic heterocycles. The van der Waals surface area contributed by atoms with E-state index in [0.29, 0.717) is 48.3 Å². The van der Waals surface area contributed by atoms with Gasteiger partial charge in [-0.3, -0.25) is 14.5 Å². The number of fused-ring (bicyclic) bond motifs is 5. The van der Waals surface area contributed by atoms with Crippen LogP contribution in [0.2, 0.25) is 0 Å². The average Bonchev–Trinajstić information content (AvgIpc) is 3.59. The summed E-state index contributed by atoms with van der Waals surface area (Å²) in [5.74, 6) is -1.28. The van der Waals surface area contributed by atoms with E-state index in [1.54, 1.807) is 24.5 Å². The smallest absolute Gasteiger partial charge is 0.343 e. The molecule has 0 unspecified atom stereocenters. The Balaban J connectivity index is 1.41. The number of hydrogen-bond donors (Lipinski definition) is 3. The first-order valence-corrected chi connectivity index (χ1v) is 14.6. The van der Waals surface area contributed by atoms with Crippen molar-refractivity contribution in [3.8, 4) is 11.4 Å². The van der Waals surface area contributed by atoms with Crippen LogP contribution in [0.1, 0.15) is 72.0 Å². The van der Waals surface area contributed by atoms with Gasteiger partial charge >= 0.3 is 5.97 Å². The third-order valence-electron chi connectivity index (χ3n) is 9.75. The molecule has 3 aliphatic heterocycles. The minimum absolute atomic E-state index is 0.0231. The highest BCUT2D eigenvalue weighted by Gasteiger charge is 2.46. The maximum absolute atomic E-state index is 15.1. The zero-order valence-electron chi connectivity index (χ0n) is 23.6. The summed E-state index contributed by atoms with van der Waals surface area (Å²) in [6.45, 7) is 4.52. The first kappa shape index (κ1) is 27.2. The van der Waals surface area contributed by atoms with Gasteiger partial charge in [0.25, 0.3) is 5.56 Å². The number of aromatic nitrogens is 2. The summed E-state index contributed by atoms with van der Waals surface area (Å²) in [5, 5.41) is 24.8. The molecule has 0 radical (unpaired) electrons. The van der Waals surface area contributed by atoms with Crippen molar-refractivity contribution in [3.05, 3.63) is 61.7 Å². The van der Waals surface area contributed by atoms with Gasteiger partial charge in [0.05, 0.1) is 47.7 Å². The van der Waals surface area contributed by atoms with Crippen molar-refractivity contribution in [1.29, 1.82) is 0 Å². The van der Waals surface area contributed by atoms with Crippen molar-refractivity contribution < 1.29 is 28.9 Å². The molecule has 3 aromatic rings. The highest BCUT2D eigenvalue weighted by Crippen LogP contribution is 2.46. The lowest BCUT2D eigenvalue weighted by atomic mass is 9.81. The highest BCUT2D eigenvalue weighted by molar-refractivity contribution is 5.94. The number of nitrogens with one attached hydrogen (secondary N) is 1. The number of hydrogen-bond acceptors (Lipinski definition) is 8. The first-order chi connectivity index (χ1) is 20.2. The number of likely N-dealkylation sites (tertiary alicyclic amines) is 1. The van der Waals surface area contributed by atoms with E-state index < -0.39 is 11.6 Å². The van der Waals surface area contributed by atoms with E-state index in [2.05, 4.69) is 5.32 Å². The van der Waals surface area contributed by atoms with E-state index in [0.717, 1.165) is 35.0 Å². The zero-order valence-corrected chi connectivity index (χ0v) is 23.6. The molecule has 4 aliphatic rings. The molecule has 1 aromatic carbocycles. The average molecular weight is 577 g/mol. The standard InChI is InChI=1S/C31H33FN4O6/c1-3-31(41)19-11-24-27-17(13-36(24)29(39)18(19)14-42-30(31)40)26-21(34-28(38)23-5-4-8-35(23)9-10-37)7-6-16-15(2)20(32)12-22(33-27)25(16)26/h11-12,21,23,37,41H,3-10,13-14H2,1-2H3,(H,34,38)/t21-,23-,31-/m0/s1. The second-order valence-electron chi connectivity index (χ2n) is 11.8. The summed E-state index contributed by atoms with van der Waals surface area (Å²) in [7, 11) is 0. The van der Waals surface area contributed by atoms with E-state index >= 15 is 4.39 Å².